The van der Waals surface area contributed by atoms with Crippen LogP contribution < -0.4 is 10.5 Å². The van der Waals surface area contributed by atoms with Gasteiger partial charge in [-0.2, -0.15) is 0 Å². The maximum atomic E-state index is 12.7. The fourth-order valence-electron chi connectivity index (χ4n) is 2.94. The van der Waals surface area contributed by atoms with E-state index >= 15 is 0 Å². The molecule has 4 heteroatoms. The number of ether oxygens (including phenoxy) is 1. The van der Waals surface area contributed by atoms with Crippen molar-refractivity contribution in [3.63, 3.8) is 0 Å². The maximum Gasteiger partial charge on any atom is 0.230 e. The van der Waals surface area contributed by atoms with Crippen molar-refractivity contribution in [2.45, 2.75) is 31.2 Å². The summed E-state index contributed by atoms with van der Waals surface area (Å²) in [6, 6.07) is 8.13. The molecule has 2 aliphatic rings. The van der Waals surface area contributed by atoms with Crippen LogP contribution in [0.2, 0.25) is 0 Å². The molecular weight excluding hydrogens is 240 g/mol. The first-order valence-corrected chi connectivity index (χ1v) is 7.02. The fourth-order valence-corrected chi connectivity index (χ4v) is 2.94. The SMILES string of the molecule is NC1CCN(C(=O)C2CCOc3ccccc32)CC1. The lowest BCUT2D eigenvalue weighted by Gasteiger charge is -2.34. The summed E-state index contributed by atoms with van der Waals surface area (Å²) >= 11 is 0. The third-order valence-electron chi connectivity index (χ3n) is 4.11. The predicted molar refractivity (Wildman–Crippen MR) is 73.1 cm³/mol. The Kier molecular flexibility index (Phi) is 3.42. The number of carbonyl (C=O) groups excluding carboxylic acids is 1. The van der Waals surface area contributed by atoms with Gasteiger partial charge in [-0.25, -0.2) is 0 Å². The van der Waals surface area contributed by atoms with Crippen LogP contribution in [0.5, 0.6) is 5.75 Å². The molecule has 1 amide bonds. The highest BCUT2D eigenvalue weighted by molar-refractivity contribution is 5.85. The molecular formula is C15H20N2O2. The topological polar surface area (TPSA) is 55.6 Å². The number of para-hydroxylation sites is 1. The number of piperidine rings is 1. The highest BCUT2D eigenvalue weighted by Crippen LogP contribution is 2.34. The van der Waals surface area contributed by atoms with E-state index in [1.807, 2.05) is 29.2 Å². The first-order valence-electron chi connectivity index (χ1n) is 7.02. The Morgan fingerprint density at radius 3 is 2.74 bits per heavy atom. The maximum absolute atomic E-state index is 12.7. The van der Waals surface area contributed by atoms with Gasteiger partial charge in [0.05, 0.1) is 12.5 Å². The molecule has 2 heterocycles. The second-order valence-electron chi connectivity index (χ2n) is 5.39. The van der Waals surface area contributed by atoms with Gasteiger partial charge in [0.1, 0.15) is 5.75 Å². The Balaban J connectivity index is 1.78. The zero-order chi connectivity index (χ0) is 13.2. The molecule has 0 radical (unpaired) electrons. The Labute approximate surface area is 113 Å². The molecule has 0 aromatic heterocycles. The number of amides is 1. The van der Waals surface area contributed by atoms with Crippen LogP contribution >= 0.6 is 0 Å². The number of benzene rings is 1. The Hall–Kier alpha value is -1.55. The van der Waals surface area contributed by atoms with Crippen molar-refractivity contribution in [3.8, 4) is 5.75 Å². The van der Waals surface area contributed by atoms with Crippen LogP contribution in [0.15, 0.2) is 24.3 Å². The van der Waals surface area contributed by atoms with Gasteiger partial charge in [0.2, 0.25) is 5.91 Å². The summed E-state index contributed by atoms with van der Waals surface area (Å²) in [6.45, 7) is 2.21. The summed E-state index contributed by atoms with van der Waals surface area (Å²) in [5.74, 6) is 1.06. The van der Waals surface area contributed by atoms with Gasteiger partial charge in [-0.3, -0.25) is 4.79 Å². The summed E-state index contributed by atoms with van der Waals surface area (Å²) in [6.07, 6.45) is 2.60. The fraction of sp³-hybridized carbons (Fsp3) is 0.533. The molecule has 1 aromatic carbocycles. The van der Waals surface area contributed by atoms with Crippen molar-refractivity contribution >= 4 is 5.91 Å². The molecule has 1 saturated heterocycles. The molecule has 1 unspecified atom stereocenters. The summed E-state index contributed by atoms with van der Waals surface area (Å²) in [7, 11) is 0. The van der Waals surface area contributed by atoms with Crippen molar-refractivity contribution in [1.82, 2.24) is 4.90 Å². The van der Waals surface area contributed by atoms with E-state index in [2.05, 4.69) is 0 Å². The minimum Gasteiger partial charge on any atom is -0.493 e. The molecule has 1 aromatic rings. The van der Waals surface area contributed by atoms with Crippen molar-refractivity contribution in [2.75, 3.05) is 19.7 Å². The van der Waals surface area contributed by atoms with E-state index in [4.69, 9.17) is 10.5 Å². The molecule has 4 nitrogen and oxygen atoms in total. The van der Waals surface area contributed by atoms with Crippen molar-refractivity contribution in [2.24, 2.45) is 5.73 Å². The second-order valence-corrected chi connectivity index (χ2v) is 5.39. The van der Waals surface area contributed by atoms with E-state index in [0.29, 0.717) is 6.61 Å². The van der Waals surface area contributed by atoms with Gasteiger partial charge in [0, 0.05) is 24.7 Å². The molecule has 0 aliphatic carbocycles. The number of carbonyl (C=O) groups is 1. The van der Waals surface area contributed by atoms with Gasteiger partial charge in [0.25, 0.3) is 0 Å². The minimum atomic E-state index is -0.0423. The molecule has 1 atom stereocenters. The summed E-state index contributed by atoms with van der Waals surface area (Å²) in [5, 5.41) is 0. The summed E-state index contributed by atoms with van der Waals surface area (Å²) in [4.78, 5) is 14.6. The zero-order valence-corrected chi connectivity index (χ0v) is 11.0. The van der Waals surface area contributed by atoms with Crippen LogP contribution in [0, 0.1) is 0 Å². The number of fused-ring (bicyclic) bond motifs is 1. The van der Waals surface area contributed by atoms with E-state index in [1.165, 1.54) is 0 Å². The molecule has 1 fully saturated rings. The minimum absolute atomic E-state index is 0.0423. The van der Waals surface area contributed by atoms with Gasteiger partial charge in [0.15, 0.2) is 0 Å². The quantitative estimate of drug-likeness (QED) is 0.832. The highest BCUT2D eigenvalue weighted by Gasteiger charge is 2.32. The van der Waals surface area contributed by atoms with Crippen LogP contribution in [-0.4, -0.2) is 36.5 Å². The predicted octanol–water partition coefficient (Wildman–Crippen LogP) is 1.50. The van der Waals surface area contributed by atoms with E-state index in [1.54, 1.807) is 0 Å². The van der Waals surface area contributed by atoms with Gasteiger partial charge < -0.3 is 15.4 Å². The summed E-state index contributed by atoms with van der Waals surface area (Å²) < 4.78 is 5.62. The number of hydrogen-bond donors (Lipinski definition) is 1. The average Bonchev–Trinajstić information content (AvgIpc) is 2.47. The van der Waals surface area contributed by atoms with Crippen LogP contribution in [0.1, 0.15) is 30.7 Å². The standard InChI is InChI=1S/C15H20N2O2/c16-11-5-8-17(9-6-11)15(18)13-7-10-19-14-4-2-1-3-12(13)14/h1-4,11,13H,5-10,16H2. The molecule has 0 spiro atoms. The molecule has 19 heavy (non-hydrogen) atoms. The highest BCUT2D eigenvalue weighted by atomic mass is 16.5. The summed E-state index contributed by atoms with van der Waals surface area (Å²) in [5.41, 5.74) is 6.93. The van der Waals surface area contributed by atoms with E-state index in [9.17, 15) is 4.79 Å². The van der Waals surface area contributed by atoms with Gasteiger partial charge in [-0.15, -0.1) is 0 Å². The van der Waals surface area contributed by atoms with Crippen molar-refractivity contribution < 1.29 is 9.53 Å². The van der Waals surface area contributed by atoms with Crippen LogP contribution in [0.3, 0.4) is 0 Å². The lowest BCUT2D eigenvalue weighted by atomic mass is 9.91. The number of likely N-dealkylation sites (tertiary alicyclic amines) is 1. The molecule has 2 N–H and O–H groups in total. The van der Waals surface area contributed by atoms with Gasteiger partial charge in [-0.1, -0.05) is 18.2 Å². The lowest BCUT2D eigenvalue weighted by Crippen LogP contribution is -2.45. The zero-order valence-electron chi connectivity index (χ0n) is 11.0. The molecule has 2 aliphatic heterocycles. The van der Waals surface area contributed by atoms with Crippen LogP contribution in [0.4, 0.5) is 0 Å². The largest absolute Gasteiger partial charge is 0.493 e. The number of nitrogens with zero attached hydrogens (tertiary/aromatic N) is 1. The number of nitrogens with two attached hydrogens (primary N) is 1. The van der Waals surface area contributed by atoms with Crippen LogP contribution in [-0.2, 0) is 4.79 Å². The Morgan fingerprint density at radius 2 is 1.95 bits per heavy atom. The van der Waals surface area contributed by atoms with E-state index in [0.717, 1.165) is 43.7 Å². The lowest BCUT2D eigenvalue weighted by molar-refractivity contribution is -0.134. The van der Waals surface area contributed by atoms with E-state index < -0.39 is 0 Å². The van der Waals surface area contributed by atoms with Crippen molar-refractivity contribution in [1.29, 1.82) is 0 Å². The molecule has 0 saturated carbocycles. The number of rotatable bonds is 1. The molecule has 102 valence electrons. The average molecular weight is 260 g/mol. The third kappa shape index (κ3) is 2.45. The molecule has 0 bridgehead atoms. The Bertz CT molecular complexity index is 467. The Morgan fingerprint density at radius 1 is 1.21 bits per heavy atom. The first kappa shape index (κ1) is 12.5. The van der Waals surface area contributed by atoms with Gasteiger partial charge in [-0.05, 0) is 25.3 Å². The van der Waals surface area contributed by atoms with E-state index in [-0.39, 0.29) is 17.9 Å². The normalized spacial score (nSPS) is 23.6. The second kappa shape index (κ2) is 5.21. The van der Waals surface area contributed by atoms with Gasteiger partial charge >= 0.3 is 0 Å². The van der Waals surface area contributed by atoms with Crippen LogP contribution in [0.25, 0.3) is 0 Å². The van der Waals surface area contributed by atoms with Crippen molar-refractivity contribution in [3.05, 3.63) is 29.8 Å². The number of hydrogen-bond acceptors (Lipinski definition) is 3. The first-order chi connectivity index (χ1) is 9.25. The third-order valence-corrected chi connectivity index (χ3v) is 4.11. The molecule has 3 rings (SSSR count). The smallest absolute Gasteiger partial charge is 0.230 e. The monoisotopic (exact) mass is 260 g/mol.